The number of aromatic nitrogens is 2. The number of carboxylic acids is 1. The average molecular weight is 253 g/mol. The fraction of sp³-hybridized carbons (Fsp3) is 0.583. The van der Waals surface area contributed by atoms with E-state index in [0.29, 0.717) is 12.8 Å². The van der Waals surface area contributed by atoms with Crippen LogP contribution in [0.25, 0.3) is 0 Å². The standard InChI is InChI=1S/C12H19N3O3/c1-12(2,11(17)18)8-13-10(16)5-4-9-6-14-15(3)7-9/h6-7H,4-5,8H2,1-3H3,(H,13,16)(H,17,18). The number of aryl methyl sites for hydroxylation is 2. The Bertz CT molecular complexity index is 438. The van der Waals surface area contributed by atoms with E-state index in [0.717, 1.165) is 5.56 Å². The molecule has 0 spiro atoms. The topological polar surface area (TPSA) is 84.2 Å². The van der Waals surface area contributed by atoms with E-state index < -0.39 is 11.4 Å². The Morgan fingerprint density at radius 2 is 2.17 bits per heavy atom. The second-order valence-corrected chi connectivity index (χ2v) is 4.99. The van der Waals surface area contributed by atoms with E-state index in [4.69, 9.17) is 5.11 Å². The van der Waals surface area contributed by atoms with Crippen LogP contribution in [0.2, 0.25) is 0 Å². The summed E-state index contributed by atoms with van der Waals surface area (Å²) in [6.45, 7) is 3.29. The van der Waals surface area contributed by atoms with Crippen LogP contribution in [0, 0.1) is 5.41 Å². The molecule has 1 heterocycles. The minimum atomic E-state index is -0.941. The molecule has 0 aliphatic heterocycles. The van der Waals surface area contributed by atoms with Gasteiger partial charge in [-0.3, -0.25) is 14.3 Å². The maximum absolute atomic E-state index is 11.6. The highest BCUT2D eigenvalue weighted by Crippen LogP contribution is 2.13. The lowest BCUT2D eigenvalue weighted by molar-refractivity contribution is -0.146. The van der Waals surface area contributed by atoms with Gasteiger partial charge in [0.25, 0.3) is 0 Å². The van der Waals surface area contributed by atoms with Crippen LogP contribution in [-0.4, -0.2) is 33.3 Å². The van der Waals surface area contributed by atoms with E-state index >= 15 is 0 Å². The molecule has 0 unspecified atom stereocenters. The molecule has 0 radical (unpaired) electrons. The first-order valence-electron chi connectivity index (χ1n) is 5.79. The predicted octanol–water partition coefficient (Wildman–Crippen LogP) is 0.580. The predicted molar refractivity (Wildman–Crippen MR) is 66.0 cm³/mol. The molecule has 2 N–H and O–H groups in total. The molecule has 0 aromatic carbocycles. The van der Waals surface area contributed by atoms with Gasteiger partial charge in [0.2, 0.25) is 5.91 Å². The summed E-state index contributed by atoms with van der Waals surface area (Å²) in [4.78, 5) is 22.4. The summed E-state index contributed by atoms with van der Waals surface area (Å²) in [7, 11) is 1.82. The number of rotatable bonds is 6. The molecule has 0 saturated carbocycles. The largest absolute Gasteiger partial charge is 0.481 e. The summed E-state index contributed by atoms with van der Waals surface area (Å²) in [5.41, 5.74) is 0.0504. The van der Waals surface area contributed by atoms with Gasteiger partial charge in [0, 0.05) is 26.2 Å². The number of amides is 1. The molecule has 1 amide bonds. The summed E-state index contributed by atoms with van der Waals surface area (Å²) in [5.74, 6) is -1.07. The normalized spacial score (nSPS) is 11.3. The lowest BCUT2D eigenvalue weighted by atomic mass is 9.94. The molecule has 0 bridgehead atoms. The number of carbonyl (C=O) groups excluding carboxylic acids is 1. The minimum Gasteiger partial charge on any atom is -0.481 e. The molecule has 6 nitrogen and oxygen atoms in total. The van der Waals surface area contributed by atoms with Gasteiger partial charge in [0.05, 0.1) is 11.6 Å². The molecule has 0 aliphatic carbocycles. The zero-order valence-corrected chi connectivity index (χ0v) is 10.9. The summed E-state index contributed by atoms with van der Waals surface area (Å²) in [6, 6.07) is 0. The van der Waals surface area contributed by atoms with Gasteiger partial charge in [-0.15, -0.1) is 0 Å². The Balaban J connectivity index is 2.32. The fourth-order valence-electron chi connectivity index (χ4n) is 1.34. The number of hydrogen-bond acceptors (Lipinski definition) is 3. The van der Waals surface area contributed by atoms with Crippen molar-refractivity contribution in [1.29, 1.82) is 0 Å². The second-order valence-electron chi connectivity index (χ2n) is 4.99. The van der Waals surface area contributed by atoms with E-state index in [9.17, 15) is 9.59 Å². The maximum atomic E-state index is 11.6. The first-order valence-corrected chi connectivity index (χ1v) is 5.79. The molecule has 0 atom stereocenters. The van der Waals surface area contributed by atoms with Crippen molar-refractivity contribution in [3.8, 4) is 0 Å². The number of nitrogens with zero attached hydrogens (tertiary/aromatic N) is 2. The Hall–Kier alpha value is -1.85. The molecular weight excluding hydrogens is 234 g/mol. The molecule has 18 heavy (non-hydrogen) atoms. The van der Waals surface area contributed by atoms with Crippen LogP contribution in [0.15, 0.2) is 12.4 Å². The van der Waals surface area contributed by atoms with Crippen molar-refractivity contribution in [2.45, 2.75) is 26.7 Å². The third-order valence-electron chi connectivity index (χ3n) is 2.71. The highest BCUT2D eigenvalue weighted by Gasteiger charge is 2.27. The maximum Gasteiger partial charge on any atom is 0.310 e. The highest BCUT2D eigenvalue weighted by molar-refractivity contribution is 5.78. The van der Waals surface area contributed by atoms with Crippen molar-refractivity contribution in [3.63, 3.8) is 0 Å². The SMILES string of the molecule is Cn1cc(CCC(=O)NCC(C)(C)C(=O)O)cn1. The average Bonchev–Trinajstić information content (AvgIpc) is 2.69. The van der Waals surface area contributed by atoms with Gasteiger partial charge in [-0.25, -0.2) is 0 Å². The van der Waals surface area contributed by atoms with E-state index in [1.807, 2.05) is 13.2 Å². The zero-order valence-electron chi connectivity index (χ0n) is 10.9. The Morgan fingerprint density at radius 3 is 2.67 bits per heavy atom. The summed E-state index contributed by atoms with van der Waals surface area (Å²) in [5, 5.41) is 15.5. The highest BCUT2D eigenvalue weighted by atomic mass is 16.4. The van der Waals surface area contributed by atoms with Gasteiger partial charge in [0.15, 0.2) is 0 Å². The molecule has 0 fully saturated rings. The van der Waals surface area contributed by atoms with Crippen LogP contribution in [0.5, 0.6) is 0 Å². The van der Waals surface area contributed by atoms with Gasteiger partial charge in [-0.2, -0.15) is 5.10 Å². The summed E-state index contributed by atoms with van der Waals surface area (Å²) >= 11 is 0. The third kappa shape index (κ3) is 4.20. The van der Waals surface area contributed by atoms with E-state index in [1.54, 1.807) is 24.7 Å². The van der Waals surface area contributed by atoms with Crippen molar-refractivity contribution in [1.82, 2.24) is 15.1 Å². The zero-order chi connectivity index (χ0) is 13.8. The Morgan fingerprint density at radius 1 is 1.50 bits per heavy atom. The molecule has 6 heteroatoms. The van der Waals surface area contributed by atoms with Crippen molar-refractivity contribution in [2.24, 2.45) is 12.5 Å². The van der Waals surface area contributed by atoms with Gasteiger partial charge in [-0.05, 0) is 25.8 Å². The molecule has 0 saturated heterocycles. The van der Waals surface area contributed by atoms with Crippen LogP contribution in [0.1, 0.15) is 25.8 Å². The van der Waals surface area contributed by atoms with Crippen molar-refractivity contribution in [3.05, 3.63) is 18.0 Å². The van der Waals surface area contributed by atoms with Crippen LogP contribution in [0.4, 0.5) is 0 Å². The molecule has 1 aromatic rings. The number of carbonyl (C=O) groups is 2. The first kappa shape index (κ1) is 14.2. The lowest BCUT2D eigenvalue weighted by Gasteiger charge is -2.19. The van der Waals surface area contributed by atoms with Crippen LogP contribution in [-0.2, 0) is 23.1 Å². The molecular formula is C12H19N3O3. The third-order valence-corrected chi connectivity index (χ3v) is 2.71. The summed E-state index contributed by atoms with van der Waals surface area (Å²) in [6.07, 6.45) is 4.51. The lowest BCUT2D eigenvalue weighted by Crippen LogP contribution is -2.38. The van der Waals surface area contributed by atoms with Crippen molar-refractivity contribution in [2.75, 3.05) is 6.54 Å². The van der Waals surface area contributed by atoms with Crippen LogP contribution in [0.3, 0.4) is 0 Å². The quantitative estimate of drug-likeness (QED) is 0.776. The van der Waals surface area contributed by atoms with Crippen LogP contribution < -0.4 is 5.32 Å². The van der Waals surface area contributed by atoms with E-state index in [2.05, 4.69) is 10.4 Å². The summed E-state index contributed by atoms with van der Waals surface area (Å²) < 4.78 is 1.68. The van der Waals surface area contributed by atoms with Gasteiger partial charge < -0.3 is 10.4 Å². The molecule has 0 aliphatic rings. The fourth-order valence-corrected chi connectivity index (χ4v) is 1.34. The van der Waals surface area contributed by atoms with E-state index in [1.165, 1.54) is 0 Å². The Kier molecular flexibility index (Phi) is 4.47. The molecule has 1 aromatic heterocycles. The monoisotopic (exact) mass is 253 g/mol. The number of carboxylic acid groups (broad SMARTS) is 1. The number of nitrogens with one attached hydrogen (secondary N) is 1. The van der Waals surface area contributed by atoms with Crippen molar-refractivity contribution < 1.29 is 14.7 Å². The second kappa shape index (κ2) is 5.66. The molecule has 1 rings (SSSR count). The first-order chi connectivity index (χ1) is 8.31. The minimum absolute atomic E-state index is 0.133. The van der Waals surface area contributed by atoms with Gasteiger partial charge in [0.1, 0.15) is 0 Å². The van der Waals surface area contributed by atoms with E-state index in [-0.39, 0.29) is 12.5 Å². The van der Waals surface area contributed by atoms with Crippen molar-refractivity contribution >= 4 is 11.9 Å². The smallest absolute Gasteiger partial charge is 0.310 e. The number of hydrogen-bond donors (Lipinski definition) is 2. The molecule has 100 valence electrons. The Labute approximate surface area is 106 Å². The van der Waals surface area contributed by atoms with Crippen LogP contribution >= 0.6 is 0 Å². The van der Waals surface area contributed by atoms with Gasteiger partial charge >= 0.3 is 5.97 Å². The van der Waals surface area contributed by atoms with Gasteiger partial charge in [-0.1, -0.05) is 0 Å². The number of aliphatic carboxylic acids is 1.